The first kappa shape index (κ1) is 10.7. The number of aromatic nitrogens is 3. The largest absolute Gasteiger partial charge is 0.361 e. The maximum atomic E-state index is 11.3. The van der Waals surface area contributed by atoms with Crippen LogP contribution in [-0.4, -0.2) is 29.8 Å². The molecule has 0 saturated carbocycles. The summed E-state index contributed by atoms with van der Waals surface area (Å²) in [6.45, 7) is 1.73. The smallest absolute Gasteiger partial charge is 0.247 e. The highest BCUT2D eigenvalue weighted by Crippen LogP contribution is 2.20. The number of sulfone groups is 1. The number of hydrogen-bond donors (Lipinski definition) is 0. The fraction of sp³-hybridized carbons (Fsp3) is 0.222. The van der Waals surface area contributed by atoms with Crippen molar-refractivity contribution in [2.75, 3.05) is 6.26 Å². The van der Waals surface area contributed by atoms with Gasteiger partial charge in [-0.25, -0.2) is 18.4 Å². The van der Waals surface area contributed by atoms with Crippen LogP contribution in [0.25, 0.3) is 11.3 Å². The molecule has 0 fully saturated rings. The van der Waals surface area contributed by atoms with Crippen LogP contribution in [0.1, 0.15) is 5.76 Å². The molecule has 84 valence electrons. The number of aryl methyl sites for hydroxylation is 1. The molecule has 0 aliphatic carbocycles. The van der Waals surface area contributed by atoms with E-state index in [-0.39, 0.29) is 5.16 Å². The van der Waals surface area contributed by atoms with E-state index in [9.17, 15) is 8.42 Å². The van der Waals surface area contributed by atoms with Gasteiger partial charge in [0.15, 0.2) is 0 Å². The Hall–Kier alpha value is -1.76. The molecule has 2 aromatic rings. The van der Waals surface area contributed by atoms with E-state index in [0.717, 1.165) is 6.26 Å². The molecule has 0 unspecified atom stereocenters. The lowest BCUT2D eigenvalue weighted by molar-refractivity contribution is 0.398. The van der Waals surface area contributed by atoms with E-state index in [4.69, 9.17) is 4.52 Å². The van der Waals surface area contributed by atoms with Crippen molar-refractivity contribution in [3.63, 3.8) is 0 Å². The van der Waals surface area contributed by atoms with Gasteiger partial charge >= 0.3 is 0 Å². The van der Waals surface area contributed by atoms with Crippen molar-refractivity contribution in [3.8, 4) is 11.3 Å². The molecule has 0 amide bonds. The Balaban J connectivity index is 2.57. The molecular formula is C9H9N3O3S. The lowest BCUT2D eigenvalue weighted by Crippen LogP contribution is -2.04. The summed E-state index contributed by atoms with van der Waals surface area (Å²) in [6.07, 6.45) is 3.95. The predicted molar refractivity (Wildman–Crippen MR) is 55.4 cm³/mol. The van der Waals surface area contributed by atoms with Crippen LogP contribution in [0.5, 0.6) is 0 Å². The molecule has 16 heavy (non-hydrogen) atoms. The Bertz CT molecular complexity index is 618. The van der Waals surface area contributed by atoms with E-state index >= 15 is 0 Å². The van der Waals surface area contributed by atoms with Gasteiger partial charge in [0, 0.05) is 12.5 Å². The first-order valence-electron chi connectivity index (χ1n) is 4.43. The van der Waals surface area contributed by atoms with Crippen molar-refractivity contribution in [1.82, 2.24) is 15.1 Å². The van der Waals surface area contributed by atoms with Gasteiger partial charge in [0.2, 0.25) is 15.0 Å². The normalized spacial score (nSPS) is 11.6. The molecule has 0 atom stereocenters. The van der Waals surface area contributed by atoms with Crippen molar-refractivity contribution in [2.24, 2.45) is 0 Å². The van der Waals surface area contributed by atoms with Crippen molar-refractivity contribution in [2.45, 2.75) is 12.1 Å². The molecule has 0 radical (unpaired) electrons. The van der Waals surface area contributed by atoms with Crippen molar-refractivity contribution >= 4 is 9.84 Å². The molecule has 0 saturated heterocycles. The molecule has 2 aromatic heterocycles. The van der Waals surface area contributed by atoms with Crippen LogP contribution >= 0.6 is 0 Å². The highest BCUT2D eigenvalue weighted by atomic mass is 32.2. The lowest BCUT2D eigenvalue weighted by atomic mass is 10.2. The van der Waals surface area contributed by atoms with Crippen molar-refractivity contribution in [1.29, 1.82) is 0 Å². The standard InChI is InChI=1S/C9H9N3O3S/c1-6-7(5-11-15-6)8-3-4-10-9(12-8)16(2,13)14/h3-5H,1-2H3. The molecule has 0 aromatic carbocycles. The minimum absolute atomic E-state index is 0.203. The zero-order chi connectivity index (χ0) is 11.8. The van der Waals surface area contributed by atoms with Gasteiger partial charge in [-0.1, -0.05) is 5.16 Å². The fourth-order valence-corrected chi connectivity index (χ4v) is 1.73. The van der Waals surface area contributed by atoms with Crippen molar-refractivity contribution < 1.29 is 12.9 Å². The minimum Gasteiger partial charge on any atom is -0.361 e. The molecular weight excluding hydrogens is 230 g/mol. The van der Waals surface area contributed by atoms with Gasteiger partial charge in [0.05, 0.1) is 17.5 Å². The highest BCUT2D eigenvalue weighted by molar-refractivity contribution is 7.90. The summed E-state index contributed by atoms with van der Waals surface area (Å²) in [7, 11) is -3.40. The van der Waals surface area contributed by atoms with E-state index in [2.05, 4.69) is 15.1 Å². The van der Waals surface area contributed by atoms with Crippen LogP contribution < -0.4 is 0 Å². The zero-order valence-corrected chi connectivity index (χ0v) is 9.52. The monoisotopic (exact) mass is 239 g/mol. The molecule has 6 nitrogen and oxygen atoms in total. The second kappa shape index (κ2) is 3.67. The maximum absolute atomic E-state index is 11.3. The Morgan fingerprint density at radius 1 is 1.38 bits per heavy atom. The van der Waals surface area contributed by atoms with Crippen LogP contribution in [0.3, 0.4) is 0 Å². The van der Waals surface area contributed by atoms with Gasteiger partial charge < -0.3 is 4.52 Å². The Morgan fingerprint density at radius 3 is 2.69 bits per heavy atom. The second-order valence-electron chi connectivity index (χ2n) is 3.29. The lowest BCUT2D eigenvalue weighted by Gasteiger charge is -1.99. The third-order valence-corrected chi connectivity index (χ3v) is 2.85. The summed E-state index contributed by atoms with van der Waals surface area (Å²) in [5.41, 5.74) is 1.14. The van der Waals surface area contributed by atoms with E-state index < -0.39 is 9.84 Å². The third-order valence-electron chi connectivity index (χ3n) is 1.99. The average molecular weight is 239 g/mol. The summed E-state index contributed by atoms with van der Waals surface area (Å²) in [5.74, 6) is 0.582. The average Bonchev–Trinajstić information content (AvgIpc) is 2.63. The SMILES string of the molecule is Cc1oncc1-c1ccnc(S(C)(=O)=O)n1. The number of rotatable bonds is 2. The molecule has 2 heterocycles. The van der Waals surface area contributed by atoms with Crippen LogP contribution in [0.4, 0.5) is 0 Å². The van der Waals surface area contributed by atoms with Crippen molar-refractivity contribution in [3.05, 3.63) is 24.2 Å². The van der Waals surface area contributed by atoms with Gasteiger partial charge in [0.25, 0.3) is 0 Å². The van der Waals surface area contributed by atoms with E-state index in [0.29, 0.717) is 17.0 Å². The van der Waals surface area contributed by atoms with Crippen LogP contribution in [0.2, 0.25) is 0 Å². The highest BCUT2D eigenvalue weighted by Gasteiger charge is 2.14. The number of hydrogen-bond acceptors (Lipinski definition) is 6. The molecule has 0 N–H and O–H groups in total. The molecule has 7 heteroatoms. The van der Waals surface area contributed by atoms with Gasteiger partial charge in [0.1, 0.15) is 5.76 Å². The van der Waals surface area contributed by atoms with Crippen LogP contribution in [0.15, 0.2) is 28.1 Å². The van der Waals surface area contributed by atoms with Gasteiger partial charge in [-0.05, 0) is 13.0 Å². The zero-order valence-electron chi connectivity index (χ0n) is 8.71. The predicted octanol–water partition coefficient (Wildman–Crippen LogP) is 0.844. The van der Waals surface area contributed by atoms with E-state index in [1.54, 1.807) is 13.0 Å². The van der Waals surface area contributed by atoms with Gasteiger partial charge in [-0.2, -0.15) is 0 Å². The first-order valence-corrected chi connectivity index (χ1v) is 6.32. The second-order valence-corrected chi connectivity index (χ2v) is 5.20. The van der Waals surface area contributed by atoms with Crippen LogP contribution in [0, 0.1) is 6.92 Å². The summed E-state index contributed by atoms with van der Waals surface area (Å²) in [5, 5.41) is 3.40. The Morgan fingerprint density at radius 2 is 2.12 bits per heavy atom. The summed E-state index contributed by atoms with van der Waals surface area (Å²) < 4.78 is 27.4. The minimum atomic E-state index is -3.40. The van der Waals surface area contributed by atoms with E-state index in [1.165, 1.54) is 12.4 Å². The van der Waals surface area contributed by atoms with Gasteiger partial charge in [-0.3, -0.25) is 0 Å². The summed E-state index contributed by atoms with van der Waals surface area (Å²) >= 11 is 0. The van der Waals surface area contributed by atoms with Crippen LogP contribution in [-0.2, 0) is 9.84 Å². The Kier molecular flexibility index (Phi) is 2.47. The van der Waals surface area contributed by atoms with Gasteiger partial charge in [-0.15, -0.1) is 0 Å². The molecule has 0 aliphatic rings. The fourth-order valence-electron chi connectivity index (χ4n) is 1.21. The number of nitrogens with zero attached hydrogens (tertiary/aromatic N) is 3. The van der Waals surface area contributed by atoms with E-state index in [1.807, 2.05) is 0 Å². The Labute approximate surface area is 92.2 Å². The summed E-state index contributed by atoms with van der Waals surface area (Å²) in [4.78, 5) is 7.65. The maximum Gasteiger partial charge on any atom is 0.247 e. The third kappa shape index (κ3) is 1.94. The molecule has 0 spiro atoms. The molecule has 0 aliphatic heterocycles. The summed E-state index contributed by atoms with van der Waals surface area (Å²) in [6, 6.07) is 1.61. The molecule has 0 bridgehead atoms. The topological polar surface area (TPSA) is 86.0 Å². The molecule has 2 rings (SSSR count). The quantitative estimate of drug-likeness (QED) is 0.722. The first-order chi connectivity index (χ1) is 7.48.